The molecular formula is C18H23NO2. The normalized spacial score (nSPS) is 19.1. The number of hydrogen-bond donors (Lipinski definition) is 0. The minimum atomic E-state index is 0.241. The number of aryl methyl sites for hydroxylation is 1. The Morgan fingerprint density at radius 3 is 3.05 bits per heavy atom. The fraction of sp³-hybridized carbons (Fsp3) is 0.500. The van der Waals surface area contributed by atoms with Crippen molar-refractivity contribution < 1.29 is 9.21 Å². The molecule has 0 spiro atoms. The molecule has 1 aliphatic rings. The van der Waals surface area contributed by atoms with Gasteiger partial charge in [-0.05, 0) is 44.2 Å². The fourth-order valence-electron chi connectivity index (χ4n) is 3.35. The predicted octanol–water partition coefficient (Wildman–Crippen LogP) is 4.07. The highest BCUT2D eigenvalue weighted by atomic mass is 16.3. The molecule has 1 aromatic heterocycles. The number of amides is 1. The van der Waals surface area contributed by atoms with Crippen LogP contribution < -0.4 is 0 Å². The molecule has 0 N–H and O–H groups in total. The minimum Gasteiger partial charge on any atom is -0.464 e. The van der Waals surface area contributed by atoms with Gasteiger partial charge in [-0.3, -0.25) is 4.79 Å². The number of hydrogen-bond acceptors (Lipinski definition) is 2. The van der Waals surface area contributed by atoms with Gasteiger partial charge in [-0.25, -0.2) is 0 Å². The Labute approximate surface area is 125 Å². The molecule has 1 aromatic carbocycles. The second kappa shape index (κ2) is 5.92. The Morgan fingerprint density at radius 1 is 1.38 bits per heavy atom. The van der Waals surface area contributed by atoms with Crippen LogP contribution in [0.3, 0.4) is 0 Å². The molecule has 0 bridgehead atoms. The Hall–Kier alpha value is -1.77. The smallest absolute Gasteiger partial charge is 0.227 e. The van der Waals surface area contributed by atoms with Gasteiger partial charge in [-0.2, -0.15) is 0 Å². The molecule has 2 aromatic rings. The Kier molecular flexibility index (Phi) is 4.00. The number of furan rings is 1. The van der Waals surface area contributed by atoms with Gasteiger partial charge in [0, 0.05) is 23.5 Å². The number of nitrogens with zero attached hydrogens (tertiary/aromatic N) is 1. The highest BCUT2D eigenvalue weighted by Gasteiger charge is 2.25. The van der Waals surface area contributed by atoms with Gasteiger partial charge >= 0.3 is 0 Å². The first-order valence-corrected chi connectivity index (χ1v) is 7.95. The molecule has 3 rings (SSSR count). The van der Waals surface area contributed by atoms with E-state index in [0.29, 0.717) is 12.5 Å². The molecule has 21 heavy (non-hydrogen) atoms. The lowest BCUT2D eigenvalue weighted by molar-refractivity contribution is -0.134. The van der Waals surface area contributed by atoms with Crippen LogP contribution in [0.25, 0.3) is 11.0 Å². The number of benzene rings is 1. The zero-order valence-electron chi connectivity index (χ0n) is 12.9. The number of likely N-dealkylation sites (tertiary alicyclic amines) is 1. The third-order valence-corrected chi connectivity index (χ3v) is 4.57. The highest BCUT2D eigenvalue weighted by molar-refractivity contribution is 5.88. The van der Waals surface area contributed by atoms with E-state index in [1.165, 1.54) is 12.0 Å². The van der Waals surface area contributed by atoms with Crippen LogP contribution in [-0.2, 0) is 11.2 Å². The third kappa shape index (κ3) is 2.82. The monoisotopic (exact) mass is 285 g/mol. The van der Waals surface area contributed by atoms with Crippen molar-refractivity contribution in [1.82, 2.24) is 4.90 Å². The van der Waals surface area contributed by atoms with E-state index < -0.39 is 0 Å². The van der Waals surface area contributed by atoms with Crippen LogP contribution in [0.5, 0.6) is 0 Å². The van der Waals surface area contributed by atoms with Crippen LogP contribution in [-0.4, -0.2) is 23.4 Å². The lowest BCUT2D eigenvalue weighted by Crippen LogP contribution is -2.44. The van der Waals surface area contributed by atoms with E-state index in [2.05, 4.69) is 24.0 Å². The molecule has 3 heteroatoms. The van der Waals surface area contributed by atoms with Crippen LogP contribution >= 0.6 is 0 Å². The van der Waals surface area contributed by atoms with Gasteiger partial charge < -0.3 is 9.32 Å². The molecule has 1 unspecified atom stereocenters. The lowest BCUT2D eigenvalue weighted by Gasteiger charge is -2.35. The van der Waals surface area contributed by atoms with E-state index in [4.69, 9.17) is 4.42 Å². The van der Waals surface area contributed by atoms with Crippen molar-refractivity contribution in [3.63, 3.8) is 0 Å². The molecule has 1 aliphatic heterocycles. The van der Waals surface area contributed by atoms with Gasteiger partial charge in [-0.1, -0.05) is 19.1 Å². The summed E-state index contributed by atoms with van der Waals surface area (Å²) in [6.45, 7) is 5.13. The summed E-state index contributed by atoms with van der Waals surface area (Å²) >= 11 is 0. The molecule has 1 amide bonds. The first-order chi connectivity index (χ1) is 10.2. The van der Waals surface area contributed by atoms with E-state index >= 15 is 0 Å². The average molecular weight is 285 g/mol. The quantitative estimate of drug-likeness (QED) is 0.851. The number of rotatable bonds is 3. The first kappa shape index (κ1) is 14.2. The maximum Gasteiger partial charge on any atom is 0.227 e. The summed E-state index contributed by atoms with van der Waals surface area (Å²) < 4.78 is 5.60. The van der Waals surface area contributed by atoms with Crippen LogP contribution in [0.1, 0.15) is 43.7 Å². The van der Waals surface area contributed by atoms with Gasteiger partial charge in [0.1, 0.15) is 5.58 Å². The molecule has 0 aliphatic carbocycles. The zero-order valence-corrected chi connectivity index (χ0v) is 12.9. The van der Waals surface area contributed by atoms with Crippen molar-refractivity contribution in [2.24, 2.45) is 0 Å². The standard InChI is InChI=1S/C18H23NO2/c1-3-15-6-4-5-9-19(15)18(20)11-14-12-21-17-10-13(2)7-8-16(14)17/h7-8,10,12,15H,3-6,9,11H2,1-2H3. The Bertz CT molecular complexity index is 644. The maximum atomic E-state index is 12.6. The summed E-state index contributed by atoms with van der Waals surface area (Å²) in [7, 11) is 0. The van der Waals surface area contributed by atoms with E-state index in [0.717, 1.165) is 42.3 Å². The van der Waals surface area contributed by atoms with Gasteiger partial charge in [0.2, 0.25) is 5.91 Å². The summed E-state index contributed by atoms with van der Waals surface area (Å²) in [5.74, 6) is 0.241. The molecule has 0 radical (unpaired) electrons. The van der Waals surface area contributed by atoms with Crippen molar-refractivity contribution in [1.29, 1.82) is 0 Å². The molecule has 1 saturated heterocycles. The number of carbonyl (C=O) groups is 1. The summed E-state index contributed by atoms with van der Waals surface area (Å²) in [6, 6.07) is 6.58. The first-order valence-electron chi connectivity index (χ1n) is 7.95. The molecule has 0 saturated carbocycles. The molecular weight excluding hydrogens is 262 g/mol. The average Bonchev–Trinajstić information content (AvgIpc) is 2.89. The molecule has 112 valence electrons. The number of piperidine rings is 1. The van der Waals surface area contributed by atoms with Gasteiger partial charge in [0.05, 0.1) is 12.7 Å². The summed E-state index contributed by atoms with van der Waals surface area (Å²) in [5.41, 5.74) is 3.07. The topological polar surface area (TPSA) is 33.5 Å². The zero-order chi connectivity index (χ0) is 14.8. The van der Waals surface area contributed by atoms with Crippen molar-refractivity contribution >= 4 is 16.9 Å². The van der Waals surface area contributed by atoms with Gasteiger partial charge in [0.25, 0.3) is 0 Å². The second-order valence-electron chi connectivity index (χ2n) is 6.08. The summed E-state index contributed by atoms with van der Waals surface area (Å²) in [5, 5.41) is 1.07. The second-order valence-corrected chi connectivity index (χ2v) is 6.08. The largest absolute Gasteiger partial charge is 0.464 e. The van der Waals surface area contributed by atoms with Crippen molar-refractivity contribution in [2.75, 3.05) is 6.54 Å². The van der Waals surface area contributed by atoms with E-state index in [9.17, 15) is 4.79 Å². The molecule has 1 atom stereocenters. The molecule has 2 heterocycles. The third-order valence-electron chi connectivity index (χ3n) is 4.57. The highest BCUT2D eigenvalue weighted by Crippen LogP contribution is 2.25. The lowest BCUT2D eigenvalue weighted by atomic mass is 9.99. The van der Waals surface area contributed by atoms with Gasteiger partial charge in [-0.15, -0.1) is 0 Å². The van der Waals surface area contributed by atoms with Crippen molar-refractivity contribution in [3.8, 4) is 0 Å². The minimum absolute atomic E-state index is 0.241. The molecule has 1 fully saturated rings. The van der Waals surface area contributed by atoms with Crippen LogP contribution in [0.4, 0.5) is 0 Å². The van der Waals surface area contributed by atoms with Crippen LogP contribution in [0.2, 0.25) is 0 Å². The SMILES string of the molecule is CCC1CCCCN1C(=O)Cc1coc2cc(C)ccc12. The van der Waals surface area contributed by atoms with E-state index in [1.54, 1.807) is 6.26 Å². The van der Waals surface area contributed by atoms with Crippen molar-refractivity contribution in [2.45, 2.75) is 52.0 Å². The number of carbonyl (C=O) groups excluding carboxylic acids is 1. The fourth-order valence-corrected chi connectivity index (χ4v) is 3.35. The van der Waals surface area contributed by atoms with Crippen LogP contribution in [0, 0.1) is 6.92 Å². The van der Waals surface area contributed by atoms with Gasteiger partial charge in [0.15, 0.2) is 0 Å². The summed E-state index contributed by atoms with van der Waals surface area (Å²) in [4.78, 5) is 14.7. The Morgan fingerprint density at radius 2 is 2.24 bits per heavy atom. The van der Waals surface area contributed by atoms with E-state index in [1.807, 2.05) is 13.0 Å². The van der Waals surface area contributed by atoms with E-state index in [-0.39, 0.29) is 5.91 Å². The Balaban J connectivity index is 1.79. The molecule has 3 nitrogen and oxygen atoms in total. The predicted molar refractivity (Wildman–Crippen MR) is 84.3 cm³/mol. The maximum absolute atomic E-state index is 12.6. The number of fused-ring (bicyclic) bond motifs is 1. The summed E-state index contributed by atoms with van der Waals surface area (Å²) in [6.07, 6.45) is 6.77. The van der Waals surface area contributed by atoms with Crippen LogP contribution in [0.15, 0.2) is 28.9 Å². The van der Waals surface area contributed by atoms with Crippen molar-refractivity contribution in [3.05, 3.63) is 35.6 Å².